The van der Waals surface area contributed by atoms with Gasteiger partial charge in [-0.3, -0.25) is 9.69 Å². The zero-order valence-corrected chi connectivity index (χ0v) is 15.7. The van der Waals surface area contributed by atoms with E-state index in [1.807, 2.05) is 74.7 Å². The van der Waals surface area contributed by atoms with Crippen molar-refractivity contribution < 1.29 is 4.79 Å². The minimum Gasteiger partial charge on any atom is -0.350 e. The molecule has 130 valence electrons. The second-order valence-electron chi connectivity index (χ2n) is 6.98. The van der Waals surface area contributed by atoms with Crippen LogP contribution >= 0.6 is 12.2 Å². The Hall–Kier alpha value is -1.99. The van der Waals surface area contributed by atoms with Gasteiger partial charge in [0.15, 0.2) is 10.6 Å². The van der Waals surface area contributed by atoms with E-state index in [0.29, 0.717) is 11.4 Å². The molecule has 0 bridgehead atoms. The predicted molar refractivity (Wildman–Crippen MR) is 98.0 cm³/mol. The largest absolute Gasteiger partial charge is 0.350 e. The van der Waals surface area contributed by atoms with E-state index in [-0.39, 0.29) is 18.0 Å². The molecule has 6 nitrogen and oxygen atoms in total. The summed E-state index contributed by atoms with van der Waals surface area (Å²) >= 11 is 5.47. The predicted octanol–water partition coefficient (Wildman–Crippen LogP) is 2.42. The number of nitrogens with zero attached hydrogens (tertiary/aromatic N) is 4. The van der Waals surface area contributed by atoms with Gasteiger partial charge in [0.2, 0.25) is 5.91 Å². The molecule has 0 aliphatic carbocycles. The number of likely N-dealkylation sites (N-methyl/N-ethyl adjacent to an activating group) is 1. The molecule has 0 saturated heterocycles. The second kappa shape index (κ2) is 7.27. The van der Waals surface area contributed by atoms with Crippen LogP contribution in [-0.2, 0) is 18.5 Å². The Morgan fingerprint density at radius 3 is 2.50 bits per heavy atom. The van der Waals surface area contributed by atoms with Crippen LogP contribution in [0.3, 0.4) is 0 Å². The average molecular weight is 347 g/mol. The van der Waals surface area contributed by atoms with E-state index in [4.69, 9.17) is 12.2 Å². The number of amides is 1. The van der Waals surface area contributed by atoms with Crippen LogP contribution in [0, 0.1) is 4.77 Å². The van der Waals surface area contributed by atoms with Crippen LogP contribution in [0.15, 0.2) is 30.3 Å². The molecule has 1 aromatic carbocycles. The molecule has 0 aliphatic heterocycles. The average Bonchev–Trinajstić information content (AvgIpc) is 2.74. The summed E-state index contributed by atoms with van der Waals surface area (Å²) in [6.07, 6.45) is 0. The zero-order valence-electron chi connectivity index (χ0n) is 14.9. The Bertz CT molecular complexity index is 758. The first kappa shape index (κ1) is 18.4. The fourth-order valence-electron chi connectivity index (χ4n) is 2.40. The minimum atomic E-state index is -0.236. The van der Waals surface area contributed by atoms with Gasteiger partial charge in [-0.2, -0.15) is 5.10 Å². The SMILES string of the molecule is CN(CC(=O)NC(C)(C)C)Cn1nc(-c2ccccc2)n(C)c1=S. The fourth-order valence-corrected chi connectivity index (χ4v) is 2.59. The van der Waals surface area contributed by atoms with E-state index in [9.17, 15) is 4.79 Å². The summed E-state index contributed by atoms with van der Waals surface area (Å²) in [4.78, 5) is 13.9. The maximum atomic E-state index is 12.0. The summed E-state index contributed by atoms with van der Waals surface area (Å²) in [5.74, 6) is 0.795. The van der Waals surface area contributed by atoms with Gasteiger partial charge in [0.05, 0.1) is 13.2 Å². The molecule has 0 aliphatic rings. The molecule has 1 amide bonds. The molecule has 2 rings (SSSR count). The van der Waals surface area contributed by atoms with E-state index in [2.05, 4.69) is 10.4 Å². The number of benzene rings is 1. The lowest BCUT2D eigenvalue weighted by molar-refractivity contribution is -0.123. The van der Waals surface area contributed by atoms with Crippen molar-refractivity contribution in [1.29, 1.82) is 0 Å². The quantitative estimate of drug-likeness (QED) is 0.844. The molecule has 0 radical (unpaired) electrons. The summed E-state index contributed by atoms with van der Waals surface area (Å²) in [7, 11) is 3.78. The van der Waals surface area contributed by atoms with Crippen molar-refractivity contribution in [2.24, 2.45) is 7.05 Å². The van der Waals surface area contributed by atoms with Crippen LogP contribution in [0.5, 0.6) is 0 Å². The van der Waals surface area contributed by atoms with Crippen molar-refractivity contribution in [3.05, 3.63) is 35.1 Å². The van der Waals surface area contributed by atoms with Gasteiger partial charge in [0.25, 0.3) is 0 Å². The van der Waals surface area contributed by atoms with Crippen LogP contribution in [0.25, 0.3) is 11.4 Å². The van der Waals surface area contributed by atoms with Crippen molar-refractivity contribution in [2.75, 3.05) is 13.6 Å². The third-order valence-electron chi connectivity index (χ3n) is 3.38. The first-order chi connectivity index (χ1) is 11.2. The number of aromatic nitrogens is 3. The first-order valence-corrected chi connectivity index (χ1v) is 8.27. The van der Waals surface area contributed by atoms with Crippen LogP contribution in [0.2, 0.25) is 0 Å². The number of rotatable bonds is 5. The molecule has 0 saturated carbocycles. The first-order valence-electron chi connectivity index (χ1n) is 7.86. The molecule has 7 heteroatoms. The summed E-state index contributed by atoms with van der Waals surface area (Å²) in [6.45, 7) is 6.64. The Labute approximate surface area is 148 Å². The van der Waals surface area contributed by atoms with E-state index in [1.165, 1.54) is 0 Å². The minimum absolute atomic E-state index is 0.0178. The molecule has 1 heterocycles. The van der Waals surface area contributed by atoms with Crippen LogP contribution in [-0.4, -0.2) is 44.3 Å². The van der Waals surface area contributed by atoms with Gasteiger partial charge < -0.3 is 9.88 Å². The molecule has 1 N–H and O–H groups in total. The van der Waals surface area contributed by atoms with Crippen molar-refractivity contribution >= 4 is 18.1 Å². The molecule has 0 spiro atoms. The van der Waals surface area contributed by atoms with E-state index in [0.717, 1.165) is 11.4 Å². The van der Waals surface area contributed by atoms with Gasteiger partial charge in [0.1, 0.15) is 0 Å². The lowest BCUT2D eigenvalue weighted by Crippen LogP contribution is -2.45. The highest BCUT2D eigenvalue weighted by Crippen LogP contribution is 2.16. The van der Waals surface area contributed by atoms with Crippen molar-refractivity contribution in [3.8, 4) is 11.4 Å². The maximum Gasteiger partial charge on any atom is 0.234 e. The van der Waals surface area contributed by atoms with Crippen molar-refractivity contribution in [2.45, 2.75) is 33.0 Å². The topological polar surface area (TPSA) is 55.1 Å². The highest BCUT2D eigenvalue weighted by molar-refractivity contribution is 7.71. The van der Waals surface area contributed by atoms with E-state index in [1.54, 1.807) is 4.68 Å². The van der Waals surface area contributed by atoms with Crippen molar-refractivity contribution in [1.82, 2.24) is 24.6 Å². The van der Waals surface area contributed by atoms with Gasteiger partial charge in [-0.15, -0.1) is 0 Å². The zero-order chi connectivity index (χ0) is 17.9. The Morgan fingerprint density at radius 2 is 1.92 bits per heavy atom. The smallest absolute Gasteiger partial charge is 0.234 e. The van der Waals surface area contributed by atoms with E-state index >= 15 is 0 Å². The molecule has 0 fully saturated rings. The van der Waals surface area contributed by atoms with Crippen LogP contribution in [0.1, 0.15) is 20.8 Å². The number of carbonyl (C=O) groups excluding carboxylic acids is 1. The molecule has 1 aromatic heterocycles. The van der Waals surface area contributed by atoms with Gasteiger partial charge in [-0.05, 0) is 40.0 Å². The van der Waals surface area contributed by atoms with Gasteiger partial charge in [-0.25, -0.2) is 4.68 Å². The second-order valence-corrected chi connectivity index (χ2v) is 7.35. The van der Waals surface area contributed by atoms with Gasteiger partial charge in [-0.1, -0.05) is 30.3 Å². The lowest BCUT2D eigenvalue weighted by Gasteiger charge is -2.23. The van der Waals surface area contributed by atoms with Crippen LogP contribution < -0.4 is 5.32 Å². The molecular weight excluding hydrogens is 322 g/mol. The van der Waals surface area contributed by atoms with Crippen LogP contribution in [0.4, 0.5) is 0 Å². The number of carbonyl (C=O) groups is 1. The molecule has 24 heavy (non-hydrogen) atoms. The number of hydrogen-bond acceptors (Lipinski definition) is 4. The molecule has 0 atom stereocenters. The summed E-state index contributed by atoms with van der Waals surface area (Å²) < 4.78 is 4.24. The Kier molecular flexibility index (Phi) is 5.56. The van der Waals surface area contributed by atoms with Gasteiger partial charge >= 0.3 is 0 Å². The third kappa shape index (κ3) is 4.75. The fraction of sp³-hybridized carbons (Fsp3) is 0.471. The number of nitrogens with one attached hydrogen (secondary N) is 1. The normalized spacial score (nSPS) is 11.8. The lowest BCUT2D eigenvalue weighted by atomic mass is 10.1. The Morgan fingerprint density at radius 1 is 1.29 bits per heavy atom. The van der Waals surface area contributed by atoms with E-state index < -0.39 is 0 Å². The highest BCUT2D eigenvalue weighted by Gasteiger charge is 2.16. The number of hydrogen-bond donors (Lipinski definition) is 1. The summed E-state index contributed by atoms with van der Waals surface area (Å²) in [5.41, 5.74) is 0.776. The maximum absolute atomic E-state index is 12.0. The Balaban J connectivity index is 2.11. The highest BCUT2D eigenvalue weighted by atomic mass is 32.1. The third-order valence-corrected chi connectivity index (χ3v) is 3.86. The standard InChI is InChI=1S/C17H25N5OS/c1-17(2,3)18-14(23)11-20(4)12-22-16(24)21(5)15(19-22)13-9-7-6-8-10-13/h6-10H,11-12H2,1-5H3,(H,18,23). The van der Waals surface area contributed by atoms with Crippen molar-refractivity contribution in [3.63, 3.8) is 0 Å². The molecule has 2 aromatic rings. The summed E-state index contributed by atoms with van der Waals surface area (Å²) in [6, 6.07) is 9.92. The molecular formula is C17H25N5OS. The monoisotopic (exact) mass is 347 g/mol. The van der Waals surface area contributed by atoms with Gasteiger partial charge in [0, 0.05) is 18.2 Å². The molecule has 0 unspecified atom stereocenters. The summed E-state index contributed by atoms with van der Waals surface area (Å²) in [5, 5.41) is 7.55.